The lowest BCUT2D eigenvalue weighted by Gasteiger charge is -2.17. The fourth-order valence-corrected chi connectivity index (χ4v) is 2.56. The first-order chi connectivity index (χ1) is 9.52. The average molecular weight is 338 g/mol. The Morgan fingerprint density at radius 3 is 2.85 bits per heavy atom. The first kappa shape index (κ1) is 17.9. The molecule has 0 spiro atoms. The summed E-state index contributed by atoms with van der Waals surface area (Å²) in [5.74, 6) is 2.63. The fourth-order valence-electron chi connectivity index (χ4n) is 1.52. The molecule has 2 N–H and O–H groups in total. The SMILES string of the molecule is CCSCC(C)NCC(O)COc1cc(Cl)ccc1Cl. The minimum Gasteiger partial charge on any atom is -0.489 e. The molecule has 0 fully saturated rings. The Morgan fingerprint density at radius 2 is 2.15 bits per heavy atom. The first-order valence-corrected chi connectivity index (χ1v) is 8.51. The molecule has 0 saturated heterocycles. The van der Waals surface area contributed by atoms with Crippen LogP contribution in [0.2, 0.25) is 10.0 Å². The highest BCUT2D eigenvalue weighted by Gasteiger charge is 2.09. The van der Waals surface area contributed by atoms with Crippen molar-refractivity contribution in [2.24, 2.45) is 0 Å². The number of aliphatic hydroxyl groups excluding tert-OH is 1. The molecule has 1 aromatic rings. The number of rotatable bonds is 9. The molecule has 1 aromatic carbocycles. The maximum atomic E-state index is 9.87. The summed E-state index contributed by atoms with van der Waals surface area (Å²) in [6.07, 6.45) is -0.584. The van der Waals surface area contributed by atoms with Crippen molar-refractivity contribution in [2.75, 3.05) is 24.7 Å². The lowest BCUT2D eigenvalue weighted by Crippen LogP contribution is -2.37. The number of thioether (sulfide) groups is 1. The normalized spacial score (nSPS) is 14.1. The summed E-state index contributed by atoms with van der Waals surface area (Å²) in [6.45, 7) is 4.91. The zero-order chi connectivity index (χ0) is 15.0. The van der Waals surface area contributed by atoms with Crippen LogP contribution in [0.4, 0.5) is 0 Å². The molecule has 0 aliphatic carbocycles. The van der Waals surface area contributed by atoms with Crippen molar-refractivity contribution in [1.29, 1.82) is 0 Å². The summed E-state index contributed by atoms with van der Waals surface area (Å²) >= 11 is 13.7. The van der Waals surface area contributed by atoms with E-state index in [9.17, 15) is 5.11 Å². The Hall–Kier alpha value is -0.130. The van der Waals surface area contributed by atoms with Crippen LogP contribution in [0.15, 0.2) is 18.2 Å². The van der Waals surface area contributed by atoms with E-state index in [0.717, 1.165) is 11.5 Å². The van der Waals surface area contributed by atoms with Crippen LogP contribution in [0.5, 0.6) is 5.75 Å². The second kappa shape index (κ2) is 9.74. The second-order valence-electron chi connectivity index (χ2n) is 4.51. The van der Waals surface area contributed by atoms with Gasteiger partial charge >= 0.3 is 0 Å². The fraction of sp³-hybridized carbons (Fsp3) is 0.571. The van der Waals surface area contributed by atoms with Crippen molar-refractivity contribution in [3.8, 4) is 5.75 Å². The van der Waals surface area contributed by atoms with Crippen LogP contribution in [0.3, 0.4) is 0 Å². The lowest BCUT2D eigenvalue weighted by molar-refractivity contribution is 0.105. The van der Waals surface area contributed by atoms with E-state index in [1.165, 1.54) is 0 Å². The molecule has 0 aliphatic heterocycles. The molecule has 20 heavy (non-hydrogen) atoms. The van der Waals surface area contributed by atoms with E-state index < -0.39 is 6.10 Å². The molecule has 1 rings (SSSR count). The van der Waals surface area contributed by atoms with Crippen LogP contribution in [-0.2, 0) is 0 Å². The monoisotopic (exact) mass is 337 g/mol. The van der Waals surface area contributed by atoms with E-state index in [1.807, 2.05) is 11.8 Å². The third kappa shape index (κ3) is 7.04. The van der Waals surface area contributed by atoms with Gasteiger partial charge in [-0.3, -0.25) is 0 Å². The Morgan fingerprint density at radius 1 is 1.40 bits per heavy atom. The third-order valence-corrected chi connectivity index (χ3v) is 4.29. The van der Waals surface area contributed by atoms with Gasteiger partial charge in [-0.05, 0) is 24.8 Å². The zero-order valence-electron chi connectivity index (χ0n) is 11.7. The van der Waals surface area contributed by atoms with Crippen molar-refractivity contribution in [3.63, 3.8) is 0 Å². The smallest absolute Gasteiger partial charge is 0.139 e. The Labute approximate surface area is 135 Å². The van der Waals surface area contributed by atoms with Crippen LogP contribution in [0.1, 0.15) is 13.8 Å². The molecule has 0 heterocycles. The number of benzene rings is 1. The molecule has 0 radical (unpaired) electrons. The molecule has 6 heteroatoms. The Bertz CT molecular complexity index is 407. The van der Waals surface area contributed by atoms with Gasteiger partial charge in [0.1, 0.15) is 18.5 Å². The number of hydrogen-bond acceptors (Lipinski definition) is 4. The molecule has 0 aromatic heterocycles. The molecular formula is C14H21Cl2NO2S. The topological polar surface area (TPSA) is 41.5 Å². The zero-order valence-corrected chi connectivity index (χ0v) is 14.1. The molecule has 3 nitrogen and oxygen atoms in total. The van der Waals surface area contributed by atoms with E-state index in [4.69, 9.17) is 27.9 Å². The number of nitrogens with one attached hydrogen (secondary N) is 1. The molecule has 0 aliphatic rings. The van der Waals surface area contributed by atoms with E-state index in [2.05, 4.69) is 19.2 Å². The van der Waals surface area contributed by atoms with Gasteiger partial charge in [0.15, 0.2) is 0 Å². The molecule has 0 saturated carbocycles. The summed E-state index contributed by atoms with van der Waals surface area (Å²) in [5.41, 5.74) is 0. The van der Waals surface area contributed by atoms with Crippen LogP contribution in [0.25, 0.3) is 0 Å². The van der Waals surface area contributed by atoms with Gasteiger partial charge < -0.3 is 15.2 Å². The van der Waals surface area contributed by atoms with Crippen molar-refractivity contribution >= 4 is 35.0 Å². The Balaban J connectivity index is 2.29. The average Bonchev–Trinajstić information content (AvgIpc) is 2.43. The van der Waals surface area contributed by atoms with Gasteiger partial charge in [0, 0.05) is 29.4 Å². The summed E-state index contributed by atoms with van der Waals surface area (Å²) < 4.78 is 5.48. The van der Waals surface area contributed by atoms with Crippen molar-refractivity contribution in [1.82, 2.24) is 5.32 Å². The van der Waals surface area contributed by atoms with Crippen LogP contribution in [-0.4, -0.2) is 41.9 Å². The van der Waals surface area contributed by atoms with Crippen LogP contribution < -0.4 is 10.1 Å². The van der Waals surface area contributed by atoms with Gasteiger partial charge in [0.05, 0.1) is 5.02 Å². The minimum atomic E-state index is -0.584. The van der Waals surface area contributed by atoms with Crippen LogP contribution >= 0.6 is 35.0 Å². The highest BCUT2D eigenvalue weighted by molar-refractivity contribution is 7.99. The maximum Gasteiger partial charge on any atom is 0.139 e. The second-order valence-corrected chi connectivity index (χ2v) is 6.67. The first-order valence-electron chi connectivity index (χ1n) is 6.60. The van der Waals surface area contributed by atoms with Crippen LogP contribution in [0, 0.1) is 0 Å². The third-order valence-electron chi connectivity index (χ3n) is 2.60. The van der Waals surface area contributed by atoms with Gasteiger partial charge in [-0.25, -0.2) is 0 Å². The van der Waals surface area contributed by atoms with E-state index in [1.54, 1.807) is 18.2 Å². The minimum absolute atomic E-state index is 0.181. The van der Waals surface area contributed by atoms with Gasteiger partial charge in [-0.2, -0.15) is 11.8 Å². The van der Waals surface area contributed by atoms with Crippen molar-refractivity contribution < 1.29 is 9.84 Å². The largest absolute Gasteiger partial charge is 0.489 e. The number of hydrogen-bond donors (Lipinski definition) is 2. The molecule has 2 atom stereocenters. The van der Waals surface area contributed by atoms with E-state index in [0.29, 0.717) is 28.4 Å². The van der Waals surface area contributed by atoms with E-state index >= 15 is 0 Å². The van der Waals surface area contributed by atoms with Gasteiger partial charge in [-0.1, -0.05) is 30.1 Å². The summed E-state index contributed by atoms with van der Waals surface area (Å²) in [4.78, 5) is 0. The predicted octanol–water partition coefficient (Wildman–Crippen LogP) is 3.46. The van der Waals surface area contributed by atoms with Crippen molar-refractivity contribution in [2.45, 2.75) is 26.0 Å². The van der Waals surface area contributed by atoms with Crippen molar-refractivity contribution in [3.05, 3.63) is 28.2 Å². The van der Waals surface area contributed by atoms with Gasteiger partial charge in [0.2, 0.25) is 0 Å². The predicted molar refractivity (Wildman–Crippen MR) is 88.4 cm³/mol. The summed E-state index contributed by atoms with van der Waals surface area (Å²) in [6, 6.07) is 5.38. The number of ether oxygens (including phenoxy) is 1. The summed E-state index contributed by atoms with van der Waals surface area (Å²) in [7, 11) is 0. The van der Waals surface area contributed by atoms with Gasteiger partial charge in [0.25, 0.3) is 0 Å². The molecule has 0 amide bonds. The lowest BCUT2D eigenvalue weighted by atomic mass is 10.3. The molecule has 114 valence electrons. The van der Waals surface area contributed by atoms with E-state index in [-0.39, 0.29) is 6.61 Å². The van der Waals surface area contributed by atoms with Gasteiger partial charge in [-0.15, -0.1) is 0 Å². The molecular weight excluding hydrogens is 317 g/mol. The maximum absolute atomic E-state index is 9.87. The standard InChI is InChI=1S/C14H21Cl2NO2S/c1-3-20-9-10(2)17-7-12(18)8-19-14-6-11(15)4-5-13(14)16/h4-6,10,12,17-18H,3,7-9H2,1-2H3. The number of aliphatic hydroxyl groups is 1. The molecule has 0 bridgehead atoms. The highest BCUT2D eigenvalue weighted by Crippen LogP contribution is 2.27. The summed E-state index contributed by atoms with van der Waals surface area (Å²) in [5, 5.41) is 14.2. The molecule has 2 unspecified atom stereocenters. The quantitative estimate of drug-likeness (QED) is 0.724. The Kier molecular flexibility index (Phi) is 8.73. The highest BCUT2D eigenvalue weighted by atomic mass is 35.5. The number of halogens is 2.